The van der Waals surface area contributed by atoms with Crippen molar-refractivity contribution < 1.29 is 9.53 Å². The van der Waals surface area contributed by atoms with E-state index >= 15 is 0 Å². The van der Waals surface area contributed by atoms with Crippen molar-refractivity contribution in [2.45, 2.75) is 25.8 Å². The smallest absolute Gasteiger partial charge is 0.339 e. The number of imidazole rings is 1. The number of nitrogens with two attached hydrogens (primary N) is 1. The standard InChI is InChI=1S/C33H33N7O3/c1-22-11-12-25(20-28(22)38(3)29(41)10-7-19-37(2)23-13-14-23)40-32-30(31(34)35-21-36-32)39(33(40)42)24-15-17-27(18-16-24)43-26-8-5-4-6-9-26/h4-12,15-18,20-21,23H,13-14,19H2,1-3H3,(H2,34,35,36). The second-order valence-electron chi connectivity index (χ2n) is 10.7. The van der Waals surface area contributed by atoms with Crippen LogP contribution in [-0.2, 0) is 4.79 Å². The molecule has 0 saturated heterocycles. The number of carbonyl (C=O) groups excluding carboxylic acids is 1. The van der Waals surface area contributed by atoms with Crippen LogP contribution < -0.4 is 21.1 Å². The van der Waals surface area contributed by atoms with E-state index in [0.29, 0.717) is 45.8 Å². The molecule has 0 unspecified atom stereocenters. The van der Waals surface area contributed by atoms with E-state index in [0.717, 1.165) is 12.1 Å². The fraction of sp³-hybridized carbons (Fsp3) is 0.212. The lowest BCUT2D eigenvalue weighted by Gasteiger charge is -2.19. The van der Waals surface area contributed by atoms with E-state index in [1.807, 2.05) is 61.5 Å². The van der Waals surface area contributed by atoms with E-state index in [4.69, 9.17) is 10.5 Å². The molecule has 0 radical (unpaired) electrons. The van der Waals surface area contributed by atoms with Crippen molar-refractivity contribution in [3.8, 4) is 22.9 Å². The topological polar surface area (TPSA) is 112 Å². The Kier molecular flexibility index (Phi) is 7.52. The Morgan fingerprint density at radius 3 is 2.40 bits per heavy atom. The van der Waals surface area contributed by atoms with Crippen molar-refractivity contribution in [1.82, 2.24) is 24.0 Å². The lowest BCUT2D eigenvalue weighted by molar-refractivity contribution is -0.113. The summed E-state index contributed by atoms with van der Waals surface area (Å²) in [6.45, 7) is 2.65. The number of ether oxygens (including phenoxy) is 1. The summed E-state index contributed by atoms with van der Waals surface area (Å²) in [6.07, 6.45) is 7.25. The number of benzene rings is 3. The molecule has 218 valence electrons. The molecule has 0 aliphatic heterocycles. The van der Waals surface area contributed by atoms with E-state index in [1.54, 1.807) is 42.3 Å². The van der Waals surface area contributed by atoms with Crippen molar-refractivity contribution in [1.29, 1.82) is 0 Å². The Balaban J connectivity index is 1.35. The van der Waals surface area contributed by atoms with Crippen LogP contribution in [0.4, 0.5) is 11.5 Å². The summed E-state index contributed by atoms with van der Waals surface area (Å²) in [5, 5.41) is 0. The van der Waals surface area contributed by atoms with Gasteiger partial charge in [0.25, 0.3) is 0 Å². The highest BCUT2D eigenvalue weighted by atomic mass is 16.5. The lowest BCUT2D eigenvalue weighted by Crippen LogP contribution is -2.26. The molecule has 3 aromatic carbocycles. The van der Waals surface area contributed by atoms with Crippen LogP contribution in [0.2, 0.25) is 0 Å². The molecule has 6 rings (SSSR count). The molecule has 10 nitrogen and oxygen atoms in total. The third-order valence-corrected chi connectivity index (χ3v) is 7.69. The highest BCUT2D eigenvalue weighted by Gasteiger charge is 2.25. The molecule has 2 heterocycles. The van der Waals surface area contributed by atoms with E-state index in [2.05, 4.69) is 21.9 Å². The fourth-order valence-corrected chi connectivity index (χ4v) is 5.12. The molecule has 43 heavy (non-hydrogen) atoms. The van der Waals surface area contributed by atoms with Gasteiger partial charge in [0, 0.05) is 31.4 Å². The van der Waals surface area contributed by atoms with Gasteiger partial charge in [0.1, 0.15) is 23.3 Å². The number of hydrogen-bond acceptors (Lipinski definition) is 7. The zero-order valence-corrected chi connectivity index (χ0v) is 24.3. The molecule has 0 atom stereocenters. The first-order valence-corrected chi connectivity index (χ1v) is 14.1. The van der Waals surface area contributed by atoms with Gasteiger partial charge in [-0.15, -0.1) is 0 Å². The van der Waals surface area contributed by atoms with Crippen LogP contribution in [0.15, 0.2) is 96.1 Å². The number of nitrogen functional groups attached to an aromatic ring is 1. The van der Waals surface area contributed by atoms with Gasteiger partial charge in [-0.3, -0.25) is 14.3 Å². The predicted molar refractivity (Wildman–Crippen MR) is 168 cm³/mol. The Morgan fingerprint density at radius 1 is 0.977 bits per heavy atom. The van der Waals surface area contributed by atoms with Gasteiger partial charge >= 0.3 is 5.69 Å². The van der Waals surface area contributed by atoms with E-state index in [-0.39, 0.29) is 17.4 Å². The highest BCUT2D eigenvalue weighted by Crippen LogP contribution is 2.29. The number of likely N-dealkylation sites (N-methyl/N-ethyl adjacent to an activating group) is 2. The first kappa shape index (κ1) is 27.9. The van der Waals surface area contributed by atoms with Crippen LogP contribution in [0.1, 0.15) is 18.4 Å². The van der Waals surface area contributed by atoms with Crippen molar-refractivity contribution in [3.63, 3.8) is 0 Å². The minimum absolute atomic E-state index is 0.149. The van der Waals surface area contributed by atoms with E-state index in [9.17, 15) is 9.59 Å². The number of para-hydroxylation sites is 1. The summed E-state index contributed by atoms with van der Waals surface area (Å²) in [4.78, 5) is 39.6. The molecule has 1 aliphatic rings. The SMILES string of the molecule is Cc1ccc(-n2c(=O)n(-c3ccc(Oc4ccccc4)cc3)c3c(N)ncnc32)cc1N(C)C(=O)C=CCN(C)C1CC1. The molecule has 2 N–H and O–H groups in total. The van der Waals surface area contributed by atoms with Crippen molar-refractivity contribution in [2.24, 2.45) is 0 Å². The van der Waals surface area contributed by atoms with Crippen LogP contribution in [-0.4, -0.2) is 56.6 Å². The zero-order chi connectivity index (χ0) is 30.1. The molecule has 1 fully saturated rings. The number of nitrogens with zero attached hydrogens (tertiary/aromatic N) is 6. The average molecular weight is 576 g/mol. The second kappa shape index (κ2) is 11.6. The second-order valence-corrected chi connectivity index (χ2v) is 10.7. The Bertz CT molecular complexity index is 1870. The quantitative estimate of drug-likeness (QED) is 0.250. The first-order valence-electron chi connectivity index (χ1n) is 14.1. The number of hydrogen-bond donors (Lipinski definition) is 1. The third kappa shape index (κ3) is 5.64. The molecule has 2 aromatic heterocycles. The summed E-state index contributed by atoms with van der Waals surface area (Å²) in [6, 6.07) is 22.8. The Labute approximate surface area is 249 Å². The van der Waals surface area contributed by atoms with Crippen LogP contribution in [0, 0.1) is 6.92 Å². The van der Waals surface area contributed by atoms with Crippen molar-refractivity contribution in [2.75, 3.05) is 31.3 Å². The zero-order valence-electron chi connectivity index (χ0n) is 24.3. The minimum atomic E-state index is -0.370. The normalized spacial score (nSPS) is 13.2. The molecule has 1 amide bonds. The number of rotatable bonds is 9. The molecule has 0 spiro atoms. The maximum absolute atomic E-state index is 14.1. The predicted octanol–water partition coefficient (Wildman–Crippen LogP) is 4.87. The summed E-state index contributed by atoms with van der Waals surface area (Å²) in [7, 11) is 3.80. The van der Waals surface area contributed by atoms with Gasteiger partial charge in [0.05, 0.1) is 11.4 Å². The maximum atomic E-state index is 14.1. The maximum Gasteiger partial charge on any atom is 0.339 e. The van der Waals surface area contributed by atoms with Crippen LogP contribution in [0.3, 0.4) is 0 Å². The molecule has 0 bridgehead atoms. The van der Waals surface area contributed by atoms with Gasteiger partial charge in [-0.1, -0.05) is 30.3 Å². The van der Waals surface area contributed by atoms with Gasteiger partial charge in [0.2, 0.25) is 5.91 Å². The Hall–Kier alpha value is -5.22. The average Bonchev–Trinajstić information content (AvgIpc) is 3.82. The van der Waals surface area contributed by atoms with Gasteiger partial charge < -0.3 is 15.4 Å². The Morgan fingerprint density at radius 2 is 1.67 bits per heavy atom. The van der Waals surface area contributed by atoms with Crippen LogP contribution in [0.5, 0.6) is 11.5 Å². The largest absolute Gasteiger partial charge is 0.457 e. The summed E-state index contributed by atoms with van der Waals surface area (Å²) in [5.74, 6) is 1.36. The van der Waals surface area contributed by atoms with Crippen molar-refractivity contribution >= 4 is 28.6 Å². The number of fused-ring (bicyclic) bond motifs is 1. The number of carbonyl (C=O) groups is 1. The van der Waals surface area contributed by atoms with Crippen molar-refractivity contribution in [3.05, 3.63) is 107 Å². The fourth-order valence-electron chi connectivity index (χ4n) is 5.12. The van der Waals surface area contributed by atoms with Crippen LogP contribution >= 0.6 is 0 Å². The van der Waals surface area contributed by atoms with Gasteiger partial charge in [0.15, 0.2) is 11.5 Å². The lowest BCUT2D eigenvalue weighted by atomic mass is 10.1. The first-order chi connectivity index (χ1) is 20.8. The molecular formula is C33H33N7O3. The number of amides is 1. The molecule has 1 saturated carbocycles. The van der Waals surface area contributed by atoms with Crippen LogP contribution in [0.25, 0.3) is 22.5 Å². The van der Waals surface area contributed by atoms with E-state index in [1.165, 1.54) is 28.3 Å². The molecular weight excluding hydrogens is 542 g/mol. The van der Waals surface area contributed by atoms with Gasteiger partial charge in [-0.25, -0.2) is 19.3 Å². The third-order valence-electron chi connectivity index (χ3n) is 7.69. The number of aryl methyl sites for hydroxylation is 1. The highest BCUT2D eigenvalue weighted by molar-refractivity contribution is 6.01. The van der Waals surface area contributed by atoms with Gasteiger partial charge in [-0.2, -0.15) is 0 Å². The number of anilines is 2. The minimum Gasteiger partial charge on any atom is -0.457 e. The van der Waals surface area contributed by atoms with E-state index < -0.39 is 0 Å². The molecule has 5 aromatic rings. The summed E-state index contributed by atoms with van der Waals surface area (Å²) >= 11 is 0. The summed E-state index contributed by atoms with van der Waals surface area (Å²) in [5.41, 5.74) is 9.38. The van der Waals surface area contributed by atoms with Gasteiger partial charge in [-0.05, 0) is 80.9 Å². The molecule has 10 heteroatoms. The number of aromatic nitrogens is 4. The molecule has 1 aliphatic carbocycles. The monoisotopic (exact) mass is 575 g/mol. The summed E-state index contributed by atoms with van der Waals surface area (Å²) < 4.78 is 8.90.